The number of hydrogen-bond acceptors (Lipinski definition) is 7. The molecule has 1 fully saturated rings. The van der Waals surface area contributed by atoms with Crippen LogP contribution in [0.1, 0.15) is 25.7 Å². The van der Waals surface area contributed by atoms with E-state index in [4.69, 9.17) is 0 Å². The van der Waals surface area contributed by atoms with Gasteiger partial charge in [0.05, 0.1) is 0 Å². The van der Waals surface area contributed by atoms with Crippen LogP contribution in [0.5, 0.6) is 0 Å². The molecule has 0 aromatic carbocycles. The monoisotopic (exact) mass is 361 g/mol. The Hall–Kier alpha value is -2.39. The maximum Gasteiger partial charge on any atom is 0.315 e. The van der Waals surface area contributed by atoms with Crippen molar-refractivity contribution in [1.82, 2.24) is 19.7 Å². The van der Waals surface area contributed by atoms with Gasteiger partial charge in [0.15, 0.2) is 5.82 Å². The van der Waals surface area contributed by atoms with Crippen LogP contribution < -0.4 is 10.6 Å². The second-order valence-corrected chi connectivity index (χ2v) is 6.68. The molecule has 3 N–H and O–H groups in total. The van der Waals surface area contributed by atoms with Gasteiger partial charge in [-0.15, -0.1) is 0 Å². The Morgan fingerprint density at radius 3 is 2.88 bits per heavy atom. The predicted octanol–water partition coefficient (Wildman–Crippen LogP) is 1.21. The fraction of sp³-hybridized carbons (Fsp3) is 0.438. The maximum atomic E-state index is 12.1. The zero-order valence-electron chi connectivity index (χ0n) is 13.5. The van der Waals surface area contributed by atoms with Gasteiger partial charge in [0, 0.05) is 48.1 Å². The molecule has 0 aliphatic heterocycles. The highest BCUT2D eigenvalue weighted by Crippen LogP contribution is 2.24. The van der Waals surface area contributed by atoms with Crippen molar-refractivity contribution in [2.75, 3.05) is 11.9 Å². The highest BCUT2D eigenvalue weighted by molar-refractivity contribution is 7.10. The molecule has 0 spiro atoms. The first-order valence-corrected chi connectivity index (χ1v) is 8.91. The first-order valence-electron chi connectivity index (χ1n) is 8.14. The minimum Gasteiger partial charge on any atom is -0.396 e. The van der Waals surface area contributed by atoms with E-state index in [2.05, 4.69) is 25.0 Å². The third-order valence-electron chi connectivity index (χ3n) is 4.23. The van der Waals surface area contributed by atoms with Crippen LogP contribution >= 0.6 is 11.5 Å². The van der Waals surface area contributed by atoms with Crippen molar-refractivity contribution in [2.24, 2.45) is 5.92 Å². The Morgan fingerprint density at radius 1 is 1.28 bits per heavy atom. The normalized spacial score (nSPS) is 20.0. The molecule has 0 bridgehead atoms. The summed E-state index contributed by atoms with van der Waals surface area (Å²) >= 11 is 1.00. The van der Waals surface area contributed by atoms with E-state index < -0.39 is 11.8 Å². The molecule has 8 nitrogen and oxygen atoms in total. The molecule has 2 unspecified atom stereocenters. The summed E-state index contributed by atoms with van der Waals surface area (Å²) in [6, 6.07) is 3.41. The lowest BCUT2D eigenvalue weighted by atomic mass is 9.85. The molecule has 1 aliphatic carbocycles. The minimum absolute atomic E-state index is 0.00390. The molecule has 25 heavy (non-hydrogen) atoms. The van der Waals surface area contributed by atoms with Gasteiger partial charge in [-0.3, -0.25) is 19.9 Å². The van der Waals surface area contributed by atoms with Crippen LogP contribution in [-0.2, 0) is 9.59 Å². The van der Waals surface area contributed by atoms with Crippen LogP contribution in [0.4, 0.5) is 5.13 Å². The number of aliphatic hydroxyl groups is 1. The topological polar surface area (TPSA) is 117 Å². The van der Waals surface area contributed by atoms with E-state index in [-0.39, 0.29) is 23.7 Å². The van der Waals surface area contributed by atoms with E-state index in [0.717, 1.165) is 42.8 Å². The fourth-order valence-corrected chi connectivity index (χ4v) is 3.48. The largest absolute Gasteiger partial charge is 0.396 e. The van der Waals surface area contributed by atoms with Crippen molar-refractivity contribution in [3.8, 4) is 11.4 Å². The Bertz CT molecular complexity index is 736. The van der Waals surface area contributed by atoms with E-state index in [9.17, 15) is 14.7 Å². The third kappa shape index (κ3) is 4.37. The molecule has 0 radical (unpaired) electrons. The van der Waals surface area contributed by atoms with Crippen molar-refractivity contribution in [3.05, 3.63) is 24.5 Å². The molecular weight excluding hydrogens is 342 g/mol. The molecule has 2 atom stereocenters. The smallest absolute Gasteiger partial charge is 0.315 e. The van der Waals surface area contributed by atoms with E-state index >= 15 is 0 Å². The minimum atomic E-state index is -0.781. The number of nitrogens with one attached hydrogen (secondary N) is 2. The Kier molecular flexibility index (Phi) is 5.67. The molecule has 1 aliphatic rings. The molecular formula is C16H19N5O3S. The quantitative estimate of drug-likeness (QED) is 0.705. The number of pyridine rings is 1. The molecule has 2 aromatic heterocycles. The number of nitrogens with zero attached hydrogens (tertiary/aromatic N) is 3. The molecule has 2 heterocycles. The zero-order chi connectivity index (χ0) is 17.6. The summed E-state index contributed by atoms with van der Waals surface area (Å²) in [4.78, 5) is 32.4. The van der Waals surface area contributed by atoms with Gasteiger partial charge in [-0.1, -0.05) is 12.8 Å². The number of rotatable bonds is 4. The summed E-state index contributed by atoms with van der Waals surface area (Å²) in [5.74, 6) is -1.05. The first-order chi connectivity index (χ1) is 12.2. The Morgan fingerprint density at radius 2 is 2.12 bits per heavy atom. The molecule has 1 saturated carbocycles. The van der Waals surface area contributed by atoms with Crippen molar-refractivity contribution in [3.63, 3.8) is 0 Å². The summed E-state index contributed by atoms with van der Waals surface area (Å²) in [6.45, 7) is 0.0113. The number of carbonyl (C=O) groups is 2. The van der Waals surface area contributed by atoms with E-state index in [1.165, 1.54) is 0 Å². The van der Waals surface area contributed by atoms with Crippen LogP contribution in [0.15, 0.2) is 24.5 Å². The molecule has 132 valence electrons. The summed E-state index contributed by atoms with van der Waals surface area (Å²) in [7, 11) is 0. The zero-order valence-corrected chi connectivity index (χ0v) is 14.3. The van der Waals surface area contributed by atoms with E-state index in [1.807, 2.05) is 6.07 Å². The van der Waals surface area contributed by atoms with Gasteiger partial charge in [0.25, 0.3) is 0 Å². The van der Waals surface area contributed by atoms with Gasteiger partial charge >= 0.3 is 11.8 Å². The summed E-state index contributed by atoms with van der Waals surface area (Å²) < 4.78 is 4.15. The second kappa shape index (κ2) is 8.13. The van der Waals surface area contributed by atoms with Crippen molar-refractivity contribution in [2.45, 2.75) is 31.7 Å². The van der Waals surface area contributed by atoms with Crippen LogP contribution in [0, 0.1) is 5.92 Å². The molecule has 2 aromatic rings. The second-order valence-electron chi connectivity index (χ2n) is 5.93. The average Bonchev–Trinajstić information content (AvgIpc) is 3.11. The number of hydrogen-bond donors (Lipinski definition) is 3. The van der Waals surface area contributed by atoms with Crippen molar-refractivity contribution >= 4 is 28.5 Å². The highest BCUT2D eigenvalue weighted by atomic mass is 32.1. The summed E-state index contributed by atoms with van der Waals surface area (Å²) in [5, 5.41) is 14.8. The molecule has 3 rings (SSSR count). The van der Waals surface area contributed by atoms with Crippen LogP contribution in [0.3, 0.4) is 0 Å². The van der Waals surface area contributed by atoms with Crippen molar-refractivity contribution < 1.29 is 14.7 Å². The van der Waals surface area contributed by atoms with Gasteiger partial charge in [-0.05, 0) is 25.0 Å². The van der Waals surface area contributed by atoms with Gasteiger partial charge in [0.1, 0.15) is 0 Å². The van der Waals surface area contributed by atoms with Gasteiger partial charge in [-0.25, -0.2) is 0 Å². The number of anilines is 1. The Balaban J connectivity index is 1.58. The van der Waals surface area contributed by atoms with Crippen LogP contribution in [-0.4, -0.2) is 43.9 Å². The van der Waals surface area contributed by atoms with Crippen LogP contribution in [0.2, 0.25) is 0 Å². The number of amides is 2. The summed E-state index contributed by atoms with van der Waals surface area (Å²) in [6.07, 6.45) is 6.91. The molecule has 9 heteroatoms. The number of aliphatic hydroxyl groups excluding tert-OH is 1. The fourth-order valence-electron chi connectivity index (χ4n) is 2.89. The van der Waals surface area contributed by atoms with Crippen LogP contribution in [0.25, 0.3) is 11.4 Å². The van der Waals surface area contributed by atoms with Gasteiger partial charge in [-0.2, -0.15) is 9.36 Å². The van der Waals surface area contributed by atoms with Gasteiger partial charge < -0.3 is 10.4 Å². The van der Waals surface area contributed by atoms with E-state index in [1.54, 1.807) is 18.5 Å². The average molecular weight is 361 g/mol. The maximum absolute atomic E-state index is 12.1. The lowest BCUT2D eigenvalue weighted by Gasteiger charge is -2.30. The lowest BCUT2D eigenvalue weighted by Crippen LogP contribution is -2.47. The summed E-state index contributed by atoms with van der Waals surface area (Å²) in [5.41, 5.74) is 0.733. The molecule has 0 saturated heterocycles. The highest BCUT2D eigenvalue weighted by Gasteiger charge is 2.28. The first kappa shape index (κ1) is 17.4. The number of carbonyl (C=O) groups excluding carboxylic acids is 2. The van der Waals surface area contributed by atoms with Gasteiger partial charge in [0.2, 0.25) is 5.13 Å². The Labute approximate surface area is 148 Å². The SMILES string of the molecule is O=C(Nc1nc(-c2cccnc2)ns1)C(=O)NC1CCCCC1CO. The van der Waals surface area contributed by atoms with E-state index in [0.29, 0.717) is 5.82 Å². The number of aromatic nitrogens is 3. The third-order valence-corrected chi connectivity index (χ3v) is 4.86. The molecule has 2 amide bonds. The lowest BCUT2D eigenvalue weighted by molar-refractivity contribution is -0.137. The standard InChI is InChI=1S/C16H19N5O3S/c22-9-11-4-1-2-6-12(11)18-14(23)15(24)20-16-19-13(21-25-16)10-5-3-7-17-8-10/h3,5,7-8,11-12,22H,1-2,4,6,9H2,(H,18,23)(H,19,20,21,24). The predicted molar refractivity (Wildman–Crippen MR) is 92.7 cm³/mol. The van der Waals surface area contributed by atoms with Crippen molar-refractivity contribution in [1.29, 1.82) is 0 Å².